The van der Waals surface area contributed by atoms with Crippen LogP contribution in [0.5, 0.6) is 0 Å². The third kappa shape index (κ3) is 2.82. The van der Waals surface area contributed by atoms with E-state index in [1.807, 2.05) is 73.9 Å². The molecule has 1 N–H and O–H groups in total. The fraction of sp³-hybridized carbons (Fsp3) is 0.0741. The summed E-state index contributed by atoms with van der Waals surface area (Å²) in [6.45, 7) is 2.04. The lowest BCUT2D eigenvalue weighted by atomic mass is 9.90. The maximum Gasteiger partial charge on any atom is 0.279 e. The van der Waals surface area contributed by atoms with Crippen LogP contribution in [0, 0.1) is 0 Å². The van der Waals surface area contributed by atoms with Gasteiger partial charge in [-0.25, -0.2) is 0 Å². The van der Waals surface area contributed by atoms with E-state index in [0.29, 0.717) is 12.0 Å². The molecular weight excluding hydrogens is 396 g/mol. The van der Waals surface area contributed by atoms with Gasteiger partial charge < -0.3 is 4.98 Å². The molecule has 0 fully saturated rings. The molecule has 0 saturated heterocycles. The number of nitrogens with zero attached hydrogens (tertiary/aromatic N) is 3. The molecular formula is C27H20N4O. The average Bonchev–Trinajstić information content (AvgIpc) is 3.48. The van der Waals surface area contributed by atoms with E-state index in [0.717, 1.165) is 50.1 Å². The van der Waals surface area contributed by atoms with Gasteiger partial charge in [0, 0.05) is 47.1 Å². The van der Waals surface area contributed by atoms with Gasteiger partial charge in [0.1, 0.15) is 5.69 Å². The first-order valence-electron chi connectivity index (χ1n) is 10.6. The molecule has 3 aromatic heterocycles. The number of pyridine rings is 1. The Balaban J connectivity index is 1.54. The maximum absolute atomic E-state index is 13.7. The van der Waals surface area contributed by atoms with Crippen molar-refractivity contribution < 1.29 is 4.79 Å². The minimum Gasteiger partial charge on any atom is -0.367 e. The molecule has 5 heteroatoms. The molecule has 0 saturated carbocycles. The largest absolute Gasteiger partial charge is 0.367 e. The third-order valence-corrected chi connectivity index (χ3v) is 6.07. The monoisotopic (exact) mass is 416 g/mol. The fourth-order valence-corrected chi connectivity index (χ4v) is 4.59. The first kappa shape index (κ1) is 18.5. The van der Waals surface area contributed by atoms with E-state index in [2.05, 4.69) is 22.1 Å². The van der Waals surface area contributed by atoms with Gasteiger partial charge in [0.25, 0.3) is 5.91 Å². The van der Waals surface area contributed by atoms with Gasteiger partial charge in [0.05, 0.1) is 11.2 Å². The van der Waals surface area contributed by atoms with Crippen LogP contribution in [0.2, 0.25) is 0 Å². The molecule has 0 spiro atoms. The van der Waals surface area contributed by atoms with Gasteiger partial charge in [-0.3, -0.25) is 9.78 Å². The van der Waals surface area contributed by atoms with Crippen molar-refractivity contribution in [2.45, 2.75) is 13.3 Å². The highest BCUT2D eigenvalue weighted by atomic mass is 16.2. The van der Waals surface area contributed by atoms with Gasteiger partial charge in [-0.15, -0.1) is 0 Å². The summed E-state index contributed by atoms with van der Waals surface area (Å²) < 4.78 is 1.60. The Morgan fingerprint density at radius 1 is 0.938 bits per heavy atom. The lowest BCUT2D eigenvalue weighted by molar-refractivity contribution is 0.0958. The van der Waals surface area contributed by atoms with Crippen molar-refractivity contribution in [1.82, 2.24) is 19.7 Å². The number of hydrogen-bond acceptors (Lipinski definition) is 3. The summed E-state index contributed by atoms with van der Waals surface area (Å²) in [6.07, 6.45) is 6.24. The second-order valence-corrected chi connectivity index (χ2v) is 8.10. The number of aromatic amines is 1. The zero-order chi connectivity index (χ0) is 21.7. The van der Waals surface area contributed by atoms with Crippen molar-refractivity contribution >= 4 is 22.4 Å². The molecule has 1 aliphatic heterocycles. The highest BCUT2D eigenvalue weighted by molar-refractivity contribution is 6.23. The number of allylic oxidation sites excluding steroid dienone is 2. The Morgan fingerprint density at radius 3 is 2.62 bits per heavy atom. The summed E-state index contributed by atoms with van der Waals surface area (Å²) in [7, 11) is 0. The lowest BCUT2D eigenvalue weighted by Crippen LogP contribution is -2.23. The molecule has 154 valence electrons. The van der Waals surface area contributed by atoms with E-state index in [1.165, 1.54) is 0 Å². The van der Waals surface area contributed by atoms with Crippen LogP contribution in [0.15, 0.2) is 90.9 Å². The lowest BCUT2D eigenvalue weighted by Gasteiger charge is -2.20. The zero-order valence-electron chi connectivity index (χ0n) is 17.5. The number of carbonyl (C=O) groups excluding carboxylic acids is 1. The number of hydrogen-bond donors (Lipinski definition) is 1. The van der Waals surface area contributed by atoms with Crippen molar-refractivity contribution in [3.8, 4) is 22.4 Å². The Kier molecular flexibility index (Phi) is 4.15. The third-order valence-electron chi connectivity index (χ3n) is 6.07. The molecule has 6 rings (SSSR count). The molecule has 4 heterocycles. The highest BCUT2D eigenvalue weighted by Crippen LogP contribution is 2.39. The number of H-pyrrole nitrogens is 1. The smallest absolute Gasteiger partial charge is 0.279 e. The van der Waals surface area contributed by atoms with E-state index in [4.69, 9.17) is 5.10 Å². The summed E-state index contributed by atoms with van der Waals surface area (Å²) >= 11 is 0. The summed E-state index contributed by atoms with van der Waals surface area (Å²) in [6, 6.07) is 22.1. The van der Waals surface area contributed by atoms with Crippen molar-refractivity contribution in [1.29, 1.82) is 0 Å². The summed E-state index contributed by atoms with van der Waals surface area (Å²) in [5.74, 6) is -0.0917. The second kappa shape index (κ2) is 7.17. The van der Waals surface area contributed by atoms with Gasteiger partial charge in [-0.2, -0.15) is 9.78 Å². The van der Waals surface area contributed by atoms with Crippen LogP contribution in [0.1, 0.15) is 23.0 Å². The SMILES string of the molecule is CC1=C(c2ccc3ncccc3c2)C(=O)n2nc(-c3cc[nH]c3)c(-c3ccccc3)c2C1. The van der Waals surface area contributed by atoms with Gasteiger partial charge in [-0.05, 0) is 42.3 Å². The number of benzene rings is 2. The molecule has 32 heavy (non-hydrogen) atoms. The van der Waals surface area contributed by atoms with Crippen LogP contribution in [0.25, 0.3) is 38.9 Å². The molecule has 2 aromatic carbocycles. The van der Waals surface area contributed by atoms with Gasteiger partial charge in [-0.1, -0.05) is 48.0 Å². The summed E-state index contributed by atoms with van der Waals surface area (Å²) in [5.41, 5.74) is 8.37. The molecule has 0 unspecified atom stereocenters. The van der Waals surface area contributed by atoms with Crippen LogP contribution in [0.4, 0.5) is 0 Å². The summed E-state index contributed by atoms with van der Waals surface area (Å²) in [5, 5.41) is 5.84. The molecule has 0 aliphatic carbocycles. The second-order valence-electron chi connectivity index (χ2n) is 8.10. The normalized spacial score (nSPS) is 13.6. The minimum absolute atomic E-state index is 0.0917. The predicted molar refractivity (Wildman–Crippen MR) is 126 cm³/mol. The Morgan fingerprint density at radius 2 is 1.81 bits per heavy atom. The van der Waals surface area contributed by atoms with Crippen molar-refractivity contribution in [3.63, 3.8) is 0 Å². The van der Waals surface area contributed by atoms with Crippen LogP contribution in [-0.4, -0.2) is 25.7 Å². The minimum atomic E-state index is -0.0917. The van der Waals surface area contributed by atoms with E-state index in [1.54, 1.807) is 10.9 Å². The summed E-state index contributed by atoms with van der Waals surface area (Å²) in [4.78, 5) is 21.3. The molecule has 5 nitrogen and oxygen atoms in total. The van der Waals surface area contributed by atoms with E-state index >= 15 is 0 Å². The average molecular weight is 416 g/mol. The van der Waals surface area contributed by atoms with Crippen molar-refractivity contribution in [2.75, 3.05) is 0 Å². The Labute approximate surface area is 185 Å². The van der Waals surface area contributed by atoms with Crippen molar-refractivity contribution in [3.05, 3.63) is 102 Å². The molecule has 0 amide bonds. The van der Waals surface area contributed by atoms with Crippen LogP contribution < -0.4 is 0 Å². The van der Waals surface area contributed by atoms with E-state index in [-0.39, 0.29) is 5.91 Å². The van der Waals surface area contributed by atoms with Gasteiger partial charge in [0.2, 0.25) is 0 Å². The molecule has 5 aromatic rings. The Bertz CT molecular complexity index is 1510. The first-order chi connectivity index (χ1) is 15.7. The number of rotatable bonds is 3. The topological polar surface area (TPSA) is 63.6 Å². The molecule has 1 aliphatic rings. The Hall–Kier alpha value is -4.25. The maximum atomic E-state index is 13.7. The van der Waals surface area contributed by atoms with Gasteiger partial charge in [0.15, 0.2) is 0 Å². The quantitative estimate of drug-likeness (QED) is 0.406. The van der Waals surface area contributed by atoms with Crippen LogP contribution in [-0.2, 0) is 6.42 Å². The zero-order valence-corrected chi connectivity index (χ0v) is 17.5. The number of nitrogens with one attached hydrogen (secondary N) is 1. The number of fused-ring (bicyclic) bond motifs is 2. The van der Waals surface area contributed by atoms with Crippen molar-refractivity contribution in [2.24, 2.45) is 0 Å². The standard InChI is InChI=1S/C27H20N4O/c1-17-14-23-25(18-6-3-2-4-7-18)26(21-11-13-28-16-21)30-31(23)27(32)24(17)20-9-10-22-19(15-20)8-5-12-29-22/h2-13,15-16,28H,14H2,1H3. The van der Waals surface area contributed by atoms with Crippen LogP contribution >= 0.6 is 0 Å². The fourth-order valence-electron chi connectivity index (χ4n) is 4.59. The van der Waals surface area contributed by atoms with Crippen LogP contribution in [0.3, 0.4) is 0 Å². The highest BCUT2D eigenvalue weighted by Gasteiger charge is 2.31. The number of carbonyl (C=O) groups is 1. The molecule has 0 atom stereocenters. The predicted octanol–water partition coefficient (Wildman–Crippen LogP) is 5.76. The molecule has 0 bridgehead atoms. The number of aromatic nitrogens is 4. The van der Waals surface area contributed by atoms with E-state index in [9.17, 15) is 4.79 Å². The molecule has 0 radical (unpaired) electrons. The van der Waals surface area contributed by atoms with Gasteiger partial charge >= 0.3 is 0 Å². The first-order valence-corrected chi connectivity index (χ1v) is 10.6. The van der Waals surface area contributed by atoms with E-state index < -0.39 is 0 Å².